The van der Waals surface area contributed by atoms with Gasteiger partial charge in [0.2, 0.25) is 0 Å². The minimum atomic E-state index is -0.635. The van der Waals surface area contributed by atoms with Gasteiger partial charge in [0.25, 0.3) is 0 Å². The zero-order chi connectivity index (χ0) is 12.5. The van der Waals surface area contributed by atoms with Crippen LogP contribution in [0.3, 0.4) is 0 Å². The first kappa shape index (κ1) is 12.8. The van der Waals surface area contributed by atoms with Crippen molar-refractivity contribution in [2.45, 2.75) is 38.1 Å². The summed E-state index contributed by atoms with van der Waals surface area (Å²) in [5.41, 5.74) is 0.111. The summed E-state index contributed by atoms with van der Waals surface area (Å²) in [5.74, 6) is -0.635. The number of nitrogens with zero attached hydrogens (tertiary/aromatic N) is 2. The van der Waals surface area contributed by atoms with Crippen LogP contribution in [-0.2, 0) is 4.79 Å². The summed E-state index contributed by atoms with van der Waals surface area (Å²) in [5, 5.41) is 8.93. The molecule has 0 amide bonds. The van der Waals surface area contributed by atoms with E-state index in [0.717, 1.165) is 32.5 Å². The molecule has 2 aliphatic rings. The van der Waals surface area contributed by atoms with Crippen molar-refractivity contribution >= 4 is 5.97 Å². The molecule has 1 N–H and O–H groups in total. The molecule has 0 spiro atoms. The molecular weight excluding hydrogens is 216 g/mol. The van der Waals surface area contributed by atoms with Crippen LogP contribution >= 0.6 is 0 Å². The number of hydrogen-bond donors (Lipinski definition) is 1. The molecule has 17 heavy (non-hydrogen) atoms. The molecule has 2 fully saturated rings. The molecule has 0 aromatic carbocycles. The molecular formula is C13H24N2O2. The monoisotopic (exact) mass is 240 g/mol. The Hall–Kier alpha value is -0.610. The van der Waals surface area contributed by atoms with Crippen molar-refractivity contribution in [3.63, 3.8) is 0 Å². The van der Waals surface area contributed by atoms with Crippen molar-refractivity contribution in [1.29, 1.82) is 0 Å². The van der Waals surface area contributed by atoms with Crippen LogP contribution in [0, 0.1) is 5.41 Å². The lowest BCUT2D eigenvalue weighted by Crippen LogP contribution is -2.47. The third-order valence-corrected chi connectivity index (χ3v) is 4.25. The van der Waals surface area contributed by atoms with Crippen LogP contribution in [0.5, 0.6) is 0 Å². The van der Waals surface area contributed by atoms with Gasteiger partial charge in [-0.25, -0.2) is 0 Å². The van der Waals surface area contributed by atoms with Gasteiger partial charge in [-0.3, -0.25) is 4.79 Å². The zero-order valence-electron chi connectivity index (χ0n) is 11.0. The second kappa shape index (κ2) is 4.94. The highest BCUT2D eigenvalue weighted by molar-refractivity contribution is 5.68. The Bertz CT molecular complexity index is 287. The first-order valence-corrected chi connectivity index (χ1v) is 6.61. The number of likely N-dealkylation sites (N-methyl/N-ethyl adjacent to an activating group) is 1. The fourth-order valence-electron chi connectivity index (χ4n) is 2.96. The van der Waals surface area contributed by atoms with Crippen molar-refractivity contribution in [2.75, 3.05) is 33.7 Å². The maximum atomic E-state index is 10.8. The van der Waals surface area contributed by atoms with Crippen molar-refractivity contribution in [3.05, 3.63) is 0 Å². The molecule has 1 unspecified atom stereocenters. The zero-order valence-corrected chi connectivity index (χ0v) is 11.0. The number of rotatable bonds is 5. The van der Waals surface area contributed by atoms with E-state index in [9.17, 15) is 4.79 Å². The third-order valence-electron chi connectivity index (χ3n) is 4.25. The number of likely N-dealkylation sites (tertiary alicyclic amines) is 1. The maximum absolute atomic E-state index is 10.8. The number of hydrogen-bond acceptors (Lipinski definition) is 3. The molecule has 1 aliphatic heterocycles. The van der Waals surface area contributed by atoms with Gasteiger partial charge in [-0.15, -0.1) is 0 Å². The van der Waals surface area contributed by atoms with Gasteiger partial charge in [0.15, 0.2) is 0 Å². The molecule has 98 valence electrons. The molecule has 0 bridgehead atoms. The molecule has 2 rings (SSSR count). The van der Waals surface area contributed by atoms with E-state index >= 15 is 0 Å². The highest BCUT2D eigenvalue weighted by atomic mass is 16.4. The number of piperidine rings is 1. The Balaban J connectivity index is 1.84. The standard InChI is InChI=1S/C13H24N2O2/c1-14(2)11-4-3-7-15(9-11)10-13(5-6-13)8-12(16)17/h11H,3-10H2,1-2H3,(H,16,17). The highest BCUT2D eigenvalue weighted by Gasteiger charge is 2.45. The van der Waals surface area contributed by atoms with Crippen molar-refractivity contribution in [3.8, 4) is 0 Å². The van der Waals surface area contributed by atoms with Crippen molar-refractivity contribution in [1.82, 2.24) is 9.80 Å². The van der Waals surface area contributed by atoms with Gasteiger partial charge in [-0.2, -0.15) is 0 Å². The van der Waals surface area contributed by atoms with E-state index in [1.807, 2.05) is 0 Å². The fourth-order valence-corrected chi connectivity index (χ4v) is 2.96. The Morgan fingerprint density at radius 1 is 1.47 bits per heavy atom. The van der Waals surface area contributed by atoms with Crippen LogP contribution in [0.15, 0.2) is 0 Å². The topological polar surface area (TPSA) is 43.8 Å². The molecule has 1 aliphatic carbocycles. The molecule has 0 aromatic rings. The minimum Gasteiger partial charge on any atom is -0.481 e. The van der Waals surface area contributed by atoms with Crippen LogP contribution in [0.1, 0.15) is 32.1 Å². The highest BCUT2D eigenvalue weighted by Crippen LogP contribution is 2.49. The van der Waals surface area contributed by atoms with Crippen LogP contribution in [-0.4, -0.2) is 60.6 Å². The molecule has 1 atom stereocenters. The van der Waals surface area contributed by atoms with Gasteiger partial charge in [-0.1, -0.05) is 0 Å². The number of carboxylic acids is 1. The third kappa shape index (κ3) is 3.42. The summed E-state index contributed by atoms with van der Waals surface area (Å²) in [6.07, 6.45) is 5.07. The van der Waals surface area contributed by atoms with Gasteiger partial charge in [0.05, 0.1) is 6.42 Å². The lowest BCUT2D eigenvalue weighted by Gasteiger charge is -2.37. The smallest absolute Gasteiger partial charge is 0.303 e. The van der Waals surface area contributed by atoms with Crippen LogP contribution in [0.25, 0.3) is 0 Å². The lowest BCUT2D eigenvalue weighted by atomic mass is 9.98. The van der Waals surface area contributed by atoms with Crippen molar-refractivity contribution in [2.24, 2.45) is 5.41 Å². The largest absolute Gasteiger partial charge is 0.481 e. The molecule has 4 heteroatoms. The average Bonchev–Trinajstić information content (AvgIpc) is 2.96. The van der Waals surface area contributed by atoms with Gasteiger partial charge in [0.1, 0.15) is 0 Å². The predicted molar refractivity (Wildman–Crippen MR) is 67.1 cm³/mol. The number of aliphatic carboxylic acids is 1. The average molecular weight is 240 g/mol. The summed E-state index contributed by atoms with van der Waals surface area (Å²) in [6.45, 7) is 3.24. The number of carbonyl (C=O) groups is 1. The van der Waals surface area contributed by atoms with E-state index in [1.54, 1.807) is 0 Å². The van der Waals surface area contributed by atoms with E-state index in [0.29, 0.717) is 12.5 Å². The number of carboxylic acid groups (broad SMARTS) is 1. The van der Waals surface area contributed by atoms with Crippen molar-refractivity contribution < 1.29 is 9.90 Å². The molecule has 1 heterocycles. The molecule has 1 saturated heterocycles. The summed E-state index contributed by atoms with van der Waals surface area (Å²) < 4.78 is 0. The van der Waals surface area contributed by atoms with E-state index in [2.05, 4.69) is 23.9 Å². The van der Waals surface area contributed by atoms with Gasteiger partial charge in [0, 0.05) is 19.1 Å². The Morgan fingerprint density at radius 2 is 2.18 bits per heavy atom. The predicted octanol–water partition coefficient (Wildman–Crippen LogP) is 1.27. The van der Waals surface area contributed by atoms with Gasteiger partial charge >= 0.3 is 5.97 Å². The SMILES string of the molecule is CN(C)C1CCCN(CC2(CC(=O)O)CC2)C1. The quantitative estimate of drug-likeness (QED) is 0.786. The van der Waals surface area contributed by atoms with Gasteiger partial charge < -0.3 is 14.9 Å². The summed E-state index contributed by atoms with van der Waals surface area (Å²) in [7, 11) is 4.27. The second-order valence-corrected chi connectivity index (χ2v) is 6.07. The molecule has 0 aromatic heterocycles. The first-order chi connectivity index (χ1) is 8.01. The van der Waals surface area contributed by atoms with Crippen LogP contribution < -0.4 is 0 Å². The minimum absolute atomic E-state index is 0.111. The normalized spacial score (nSPS) is 28.3. The lowest BCUT2D eigenvalue weighted by molar-refractivity contribution is -0.138. The second-order valence-electron chi connectivity index (χ2n) is 6.07. The van der Waals surface area contributed by atoms with Crippen LogP contribution in [0.4, 0.5) is 0 Å². The molecule has 0 radical (unpaired) electrons. The Kier molecular flexibility index (Phi) is 3.73. The van der Waals surface area contributed by atoms with E-state index < -0.39 is 5.97 Å². The Morgan fingerprint density at radius 3 is 2.71 bits per heavy atom. The van der Waals surface area contributed by atoms with Gasteiger partial charge in [-0.05, 0) is 51.7 Å². The fraction of sp³-hybridized carbons (Fsp3) is 0.923. The van der Waals surface area contributed by atoms with E-state index in [1.165, 1.54) is 12.8 Å². The molecule has 4 nitrogen and oxygen atoms in total. The van der Waals surface area contributed by atoms with Crippen LogP contribution in [0.2, 0.25) is 0 Å². The maximum Gasteiger partial charge on any atom is 0.303 e. The summed E-state index contributed by atoms with van der Waals surface area (Å²) in [6, 6.07) is 0.643. The summed E-state index contributed by atoms with van der Waals surface area (Å²) in [4.78, 5) is 15.6. The summed E-state index contributed by atoms with van der Waals surface area (Å²) >= 11 is 0. The molecule has 1 saturated carbocycles. The van der Waals surface area contributed by atoms with E-state index in [-0.39, 0.29) is 5.41 Å². The van der Waals surface area contributed by atoms with E-state index in [4.69, 9.17) is 5.11 Å². The Labute approximate surface area is 104 Å². The first-order valence-electron chi connectivity index (χ1n) is 6.61.